The topological polar surface area (TPSA) is 140 Å². The SMILES string of the molecule is Cc1nn(C)c(OCC[C@H](C)Nc2cc(Cl)ncc2-c2ncc(CN3CC(O)C(C)(C)C3)cc2F)c1-c1nccc(N)n1. The number of aliphatic hydroxyl groups excluding tert-OH is 1. The number of ether oxygens (including phenoxy) is 1. The Morgan fingerprint density at radius 3 is 2.74 bits per heavy atom. The van der Waals surface area contributed by atoms with Gasteiger partial charge in [0.2, 0.25) is 5.88 Å². The number of nitrogens with zero attached hydrogens (tertiary/aromatic N) is 7. The molecule has 1 aliphatic heterocycles. The van der Waals surface area contributed by atoms with Gasteiger partial charge in [0.1, 0.15) is 28.0 Å². The van der Waals surface area contributed by atoms with E-state index in [4.69, 9.17) is 22.1 Å². The Labute approximate surface area is 255 Å². The molecule has 0 amide bonds. The van der Waals surface area contributed by atoms with E-state index in [9.17, 15) is 5.11 Å². The highest BCUT2D eigenvalue weighted by Gasteiger charge is 2.38. The van der Waals surface area contributed by atoms with E-state index in [0.29, 0.717) is 60.5 Å². The highest BCUT2D eigenvalue weighted by molar-refractivity contribution is 6.29. The molecule has 43 heavy (non-hydrogen) atoms. The number of halogens is 2. The number of aryl methyl sites for hydroxylation is 2. The maximum absolute atomic E-state index is 15.4. The molecule has 0 spiro atoms. The number of likely N-dealkylation sites (tertiary alicyclic amines) is 1. The quantitative estimate of drug-likeness (QED) is 0.220. The summed E-state index contributed by atoms with van der Waals surface area (Å²) in [6.07, 6.45) is 4.98. The summed E-state index contributed by atoms with van der Waals surface area (Å²) in [5.41, 5.74) is 9.11. The predicted molar refractivity (Wildman–Crippen MR) is 164 cm³/mol. The van der Waals surface area contributed by atoms with Gasteiger partial charge < -0.3 is 20.9 Å². The zero-order valence-corrected chi connectivity index (χ0v) is 25.7. The summed E-state index contributed by atoms with van der Waals surface area (Å²) in [5.74, 6) is 0.897. The molecule has 1 saturated heterocycles. The van der Waals surface area contributed by atoms with Gasteiger partial charge in [-0.3, -0.25) is 9.88 Å². The van der Waals surface area contributed by atoms with Crippen molar-refractivity contribution in [3.8, 4) is 28.5 Å². The minimum atomic E-state index is -0.456. The van der Waals surface area contributed by atoms with Gasteiger partial charge in [0.15, 0.2) is 5.82 Å². The molecular weight excluding hydrogens is 573 g/mol. The lowest BCUT2D eigenvalue weighted by Crippen LogP contribution is -2.26. The molecule has 13 heteroatoms. The average molecular weight is 610 g/mol. The van der Waals surface area contributed by atoms with Crippen molar-refractivity contribution < 1.29 is 14.2 Å². The number of anilines is 2. The van der Waals surface area contributed by atoms with Crippen LogP contribution in [0.3, 0.4) is 0 Å². The lowest BCUT2D eigenvalue weighted by Gasteiger charge is -2.21. The van der Waals surface area contributed by atoms with Gasteiger partial charge in [-0.05, 0) is 37.6 Å². The van der Waals surface area contributed by atoms with E-state index >= 15 is 4.39 Å². The lowest BCUT2D eigenvalue weighted by atomic mass is 9.90. The summed E-state index contributed by atoms with van der Waals surface area (Å²) in [4.78, 5) is 19.4. The van der Waals surface area contributed by atoms with Crippen molar-refractivity contribution in [3.63, 3.8) is 0 Å². The molecule has 2 atom stereocenters. The van der Waals surface area contributed by atoms with Crippen LogP contribution in [0.25, 0.3) is 22.6 Å². The minimum absolute atomic E-state index is 0.0779. The van der Waals surface area contributed by atoms with Crippen molar-refractivity contribution in [3.05, 3.63) is 59.0 Å². The number of β-amino-alcohol motifs (C(OH)–C–C–N with tert-alkyl or cyclic N) is 1. The predicted octanol–water partition coefficient (Wildman–Crippen LogP) is 4.49. The van der Waals surface area contributed by atoms with Gasteiger partial charge in [-0.15, -0.1) is 0 Å². The number of hydrogen-bond acceptors (Lipinski definition) is 10. The summed E-state index contributed by atoms with van der Waals surface area (Å²) >= 11 is 6.23. The first-order chi connectivity index (χ1) is 20.4. The van der Waals surface area contributed by atoms with Gasteiger partial charge in [0.05, 0.1) is 18.4 Å². The standard InChI is InChI=1S/C30H37ClFN9O2/c1-17(7-9-43-29-26(18(2)39-40(29)5)28-34-8-6-25(33)38-28)37-22-11-24(31)35-13-20(22)27-21(32)10-19(12-36-27)14-41-15-23(42)30(3,4)16-41/h6,8,10-13,17,23,42H,7,9,14-16H2,1-5H3,(H,35,37)(H2,33,34,38)/t17-,23?/m0/s1. The Hall–Kier alpha value is -3.87. The van der Waals surface area contributed by atoms with Gasteiger partial charge in [-0.2, -0.15) is 5.10 Å². The van der Waals surface area contributed by atoms with Crippen LogP contribution in [-0.4, -0.2) is 71.6 Å². The van der Waals surface area contributed by atoms with Crippen LogP contribution < -0.4 is 15.8 Å². The van der Waals surface area contributed by atoms with Crippen LogP contribution in [-0.2, 0) is 13.6 Å². The number of pyridine rings is 2. The number of nitrogens with one attached hydrogen (secondary N) is 1. The molecule has 4 aromatic rings. The van der Waals surface area contributed by atoms with E-state index in [1.807, 2.05) is 27.7 Å². The first-order valence-electron chi connectivity index (χ1n) is 14.1. The summed E-state index contributed by atoms with van der Waals surface area (Å²) in [7, 11) is 1.80. The third-order valence-corrected chi connectivity index (χ3v) is 7.86. The van der Waals surface area contributed by atoms with E-state index in [0.717, 1.165) is 17.8 Å². The molecule has 1 aliphatic rings. The molecule has 228 valence electrons. The largest absolute Gasteiger partial charge is 0.477 e. The maximum Gasteiger partial charge on any atom is 0.223 e. The van der Waals surface area contributed by atoms with Crippen LogP contribution in [0.15, 0.2) is 36.8 Å². The fourth-order valence-corrected chi connectivity index (χ4v) is 5.50. The third-order valence-electron chi connectivity index (χ3n) is 7.66. The van der Waals surface area contributed by atoms with Crippen molar-refractivity contribution in [1.29, 1.82) is 0 Å². The summed E-state index contributed by atoms with van der Waals surface area (Å²) in [6.45, 7) is 10.1. The van der Waals surface area contributed by atoms with Gasteiger partial charge >= 0.3 is 0 Å². The maximum atomic E-state index is 15.4. The van der Waals surface area contributed by atoms with Crippen molar-refractivity contribution in [2.24, 2.45) is 12.5 Å². The number of nitrogens with two attached hydrogens (primary N) is 1. The second kappa shape index (κ2) is 12.4. The van der Waals surface area contributed by atoms with Gasteiger partial charge in [-0.1, -0.05) is 25.4 Å². The fourth-order valence-electron chi connectivity index (χ4n) is 5.34. The number of hydrogen-bond donors (Lipinski definition) is 3. The van der Waals surface area contributed by atoms with Gasteiger partial charge in [0.25, 0.3) is 0 Å². The van der Waals surface area contributed by atoms with E-state index in [1.165, 1.54) is 12.3 Å². The highest BCUT2D eigenvalue weighted by Crippen LogP contribution is 2.34. The second-order valence-electron chi connectivity index (χ2n) is 11.8. The van der Waals surface area contributed by atoms with E-state index in [2.05, 4.69) is 35.3 Å². The van der Waals surface area contributed by atoms with Crippen molar-refractivity contribution in [2.75, 3.05) is 30.7 Å². The Morgan fingerprint density at radius 2 is 2.05 bits per heavy atom. The molecular formula is C30H37ClFN9O2. The molecule has 5 heterocycles. The normalized spacial score (nSPS) is 17.3. The Bertz CT molecular complexity index is 1610. The Kier molecular flexibility index (Phi) is 8.81. The zero-order valence-electron chi connectivity index (χ0n) is 25.0. The van der Waals surface area contributed by atoms with Crippen LogP contribution >= 0.6 is 11.6 Å². The highest BCUT2D eigenvalue weighted by atomic mass is 35.5. The van der Waals surface area contributed by atoms with Gasteiger partial charge in [0, 0.05) is 74.4 Å². The Balaban J connectivity index is 1.26. The first kappa shape index (κ1) is 30.6. The molecule has 0 aromatic carbocycles. The van der Waals surface area contributed by atoms with Crippen LogP contribution in [0, 0.1) is 18.2 Å². The second-order valence-corrected chi connectivity index (χ2v) is 12.2. The minimum Gasteiger partial charge on any atom is -0.477 e. The van der Waals surface area contributed by atoms with Crippen LogP contribution in [0.2, 0.25) is 5.15 Å². The summed E-state index contributed by atoms with van der Waals surface area (Å²) in [6, 6.07) is 4.70. The van der Waals surface area contributed by atoms with Crippen LogP contribution in [0.4, 0.5) is 15.9 Å². The van der Waals surface area contributed by atoms with Crippen LogP contribution in [0.1, 0.15) is 38.4 Å². The first-order valence-corrected chi connectivity index (χ1v) is 14.5. The summed E-state index contributed by atoms with van der Waals surface area (Å²) in [5, 5.41) is 18.5. The lowest BCUT2D eigenvalue weighted by molar-refractivity contribution is 0.0954. The van der Waals surface area contributed by atoms with Crippen molar-refractivity contribution >= 4 is 23.1 Å². The molecule has 1 unspecified atom stereocenters. The number of aromatic nitrogens is 6. The van der Waals surface area contributed by atoms with Crippen molar-refractivity contribution in [2.45, 2.75) is 52.8 Å². The number of aliphatic hydroxyl groups is 1. The smallest absolute Gasteiger partial charge is 0.223 e. The zero-order chi connectivity index (χ0) is 30.9. The fraction of sp³-hybridized carbons (Fsp3) is 0.433. The number of nitrogen functional groups attached to an aromatic ring is 1. The molecule has 4 aromatic heterocycles. The molecule has 0 radical (unpaired) electrons. The van der Waals surface area contributed by atoms with E-state index in [-0.39, 0.29) is 22.3 Å². The van der Waals surface area contributed by atoms with Crippen molar-refractivity contribution in [1.82, 2.24) is 34.6 Å². The third kappa shape index (κ3) is 6.87. The molecule has 0 bridgehead atoms. The molecule has 0 aliphatic carbocycles. The molecule has 1 fully saturated rings. The molecule has 4 N–H and O–H groups in total. The van der Waals surface area contributed by atoms with Gasteiger partial charge in [-0.25, -0.2) is 24.0 Å². The van der Waals surface area contributed by atoms with E-state index < -0.39 is 11.9 Å². The summed E-state index contributed by atoms with van der Waals surface area (Å²) < 4.78 is 23.2. The molecule has 11 nitrogen and oxygen atoms in total. The molecule has 5 rings (SSSR count). The Morgan fingerprint density at radius 1 is 1.26 bits per heavy atom. The molecule has 0 saturated carbocycles. The van der Waals surface area contributed by atoms with E-state index in [1.54, 1.807) is 36.3 Å². The average Bonchev–Trinajstić information content (AvgIpc) is 3.35. The number of rotatable bonds is 10. The monoisotopic (exact) mass is 609 g/mol. The van der Waals surface area contributed by atoms with Crippen LogP contribution in [0.5, 0.6) is 5.88 Å².